The van der Waals surface area contributed by atoms with Crippen LogP contribution in [-0.2, 0) is 0 Å². The highest BCUT2D eigenvalue weighted by Gasteiger charge is 1.90. The topological polar surface area (TPSA) is 61.9 Å². The van der Waals surface area contributed by atoms with Crippen molar-refractivity contribution in [3.8, 4) is 0 Å². The van der Waals surface area contributed by atoms with Gasteiger partial charge in [0, 0.05) is 11.5 Å². The van der Waals surface area contributed by atoms with Crippen molar-refractivity contribution in [2.45, 2.75) is 6.92 Å². The Kier molecular flexibility index (Phi) is 2.99. The van der Waals surface area contributed by atoms with E-state index in [2.05, 4.69) is 10.0 Å². The minimum atomic E-state index is 0.386. The van der Waals surface area contributed by atoms with Gasteiger partial charge in [-0.15, -0.1) is 0 Å². The summed E-state index contributed by atoms with van der Waals surface area (Å²) in [7, 11) is 0. The van der Waals surface area contributed by atoms with Gasteiger partial charge in [0.15, 0.2) is 0 Å². The van der Waals surface area contributed by atoms with E-state index in [4.69, 9.17) is 9.95 Å². The largest absolute Gasteiger partial charge is 0.465 e. The van der Waals surface area contributed by atoms with E-state index < -0.39 is 0 Å². The Morgan fingerprint density at radius 1 is 1.83 bits per heavy atom. The predicted octanol–water partition coefficient (Wildman–Crippen LogP) is 2.99. The average molecular weight is 163 g/mol. The molecule has 62 valence electrons. The number of furan rings is 1. The van der Waals surface area contributed by atoms with Crippen LogP contribution >= 0.6 is 0 Å². The van der Waals surface area contributed by atoms with Gasteiger partial charge in [0.1, 0.15) is 5.76 Å². The zero-order valence-corrected chi connectivity index (χ0v) is 6.77. The zero-order valence-electron chi connectivity index (χ0n) is 6.77. The first-order valence-corrected chi connectivity index (χ1v) is 3.54. The van der Waals surface area contributed by atoms with Gasteiger partial charge in [-0.2, -0.15) is 0 Å². The van der Waals surface area contributed by atoms with Crippen molar-refractivity contribution < 1.29 is 4.42 Å². The van der Waals surface area contributed by atoms with Crippen LogP contribution in [0.1, 0.15) is 12.7 Å². The standard InChI is InChI=1S/C8H9N3O/c1-7(6-10-11-9)5-8-3-2-4-12-8/h2-5H,6H2,1H3/b7-5+. The van der Waals surface area contributed by atoms with E-state index in [1.54, 1.807) is 6.26 Å². The summed E-state index contributed by atoms with van der Waals surface area (Å²) in [4.78, 5) is 2.66. The van der Waals surface area contributed by atoms with E-state index in [0.717, 1.165) is 11.3 Å². The second-order valence-electron chi connectivity index (χ2n) is 2.40. The first-order chi connectivity index (χ1) is 5.83. The van der Waals surface area contributed by atoms with Crippen LogP contribution in [0, 0.1) is 0 Å². The lowest BCUT2D eigenvalue weighted by Crippen LogP contribution is -1.79. The smallest absolute Gasteiger partial charge is 0.126 e. The van der Waals surface area contributed by atoms with Gasteiger partial charge in [0.25, 0.3) is 0 Å². The Morgan fingerprint density at radius 2 is 2.67 bits per heavy atom. The lowest BCUT2D eigenvalue weighted by Gasteiger charge is -1.90. The fourth-order valence-corrected chi connectivity index (χ4v) is 0.805. The molecule has 0 N–H and O–H groups in total. The third kappa shape index (κ3) is 2.52. The molecule has 0 aliphatic heterocycles. The van der Waals surface area contributed by atoms with Gasteiger partial charge in [0.05, 0.1) is 6.26 Å². The van der Waals surface area contributed by atoms with Gasteiger partial charge in [-0.25, -0.2) is 0 Å². The van der Waals surface area contributed by atoms with Crippen LogP contribution in [0.3, 0.4) is 0 Å². The molecule has 0 bridgehead atoms. The fourth-order valence-electron chi connectivity index (χ4n) is 0.805. The maximum atomic E-state index is 8.05. The first kappa shape index (κ1) is 8.43. The molecule has 12 heavy (non-hydrogen) atoms. The van der Waals surface area contributed by atoms with Crippen molar-refractivity contribution in [3.05, 3.63) is 40.2 Å². The van der Waals surface area contributed by atoms with E-state index in [1.165, 1.54) is 0 Å². The van der Waals surface area contributed by atoms with Gasteiger partial charge in [-0.1, -0.05) is 10.7 Å². The summed E-state index contributed by atoms with van der Waals surface area (Å²) in [5, 5.41) is 3.42. The zero-order chi connectivity index (χ0) is 8.81. The van der Waals surface area contributed by atoms with Gasteiger partial charge in [-0.05, 0) is 30.7 Å². The lowest BCUT2D eigenvalue weighted by molar-refractivity contribution is 0.556. The van der Waals surface area contributed by atoms with Gasteiger partial charge < -0.3 is 4.42 Å². The monoisotopic (exact) mass is 163 g/mol. The molecule has 4 heteroatoms. The highest BCUT2D eigenvalue weighted by Crippen LogP contribution is 2.06. The molecule has 0 atom stereocenters. The van der Waals surface area contributed by atoms with Crippen molar-refractivity contribution in [1.82, 2.24) is 0 Å². The molecule has 0 radical (unpaired) electrons. The number of nitrogens with zero attached hydrogens (tertiary/aromatic N) is 3. The van der Waals surface area contributed by atoms with Crippen LogP contribution in [-0.4, -0.2) is 6.54 Å². The summed E-state index contributed by atoms with van der Waals surface area (Å²) >= 11 is 0. The highest BCUT2D eigenvalue weighted by molar-refractivity contribution is 5.46. The molecule has 1 aromatic rings. The van der Waals surface area contributed by atoms with Crippen LogP contribution in [0.15, 0.2) is 33.5 Å². The molecular formula is C8H9N3O. The maximum absolute atomic E-state index is 8.05. The molecule has 0 aliphatic rings. The van der Waals surface area contributed by atoms with E-state index in [0.29, 0.717) is 6.54 Å². The SMILES string of the molecule is C/C(=C\c1ccco1)CN=[N+]=[N-]. The third-order valence-corrected chi connectivity index (χ3v) is 1.32. The molecule has 0 aromatic carbocycles. The van der Waals surface area contributed by atoms with Crippen LogP contribution in [0.2, 0.25) is 0 Å². The Bertz CT molecular complexity index is 307. The van der Waals surface area contributed by atoms with Crippen molar-refractivity contribution in [1.29, 1.82) is 0 Å². The quantitative estimate of drug-likeness (QED) is 0.383. The predicted molar refractivity (Wildman–Crippen MR) is 46.4 cm³/mol. The molecule has 1 heterocycles. The molecule has 0 amide bonds. The summed E-state index contributed by atoms with van der Waals surface area (Å²) in [5.74, 6) is 0.778. The summed E-state index contributed by atoms with van der Waals surface area (Å²) in [6, 6.07) is 3.66. The van der Waals surface area contributed by atoms with E-state index in [-0.39, 0.29) is 0 Å². The lowest BCUT2D eigenvalue weighted by atomic mass is 10.2. The van der Waals surface area contributed by atoms with Crippen molar-refractivity contribution >= 4 is 6.08 Å². The van der Waals surface area contributed by atoms with Crippen LogP contribution in [0.4, 0.5) is 0 Å². The second-order valence-corrected chi connectivity index (χ2v) is 2.40. The van der Waals surface area contributed by atoms with Gasteiger partial charge in [-0.3, -0.25) is 0 Å². The summed E-state index contributed by atoms with van der Waals surface area (Å²) in [5.41, 5.74) is 9.02. The molecule has 1 aromatic heterocycles. The highest BCUT2D eigenvalue weighted by atomic mass is 16.3. The third-order valence-electron chi connectivity index (χ3n) is 1.32. The maximum Gasteiger partial charge on any atom is 0.126 e. The number of azide groups is 1. The first-order valence-electron chi connectivity index (χ1n) is 3.54. The minimum Gasteiger partial charge on any atom is -0.465 e. The Morgan fingerprint density at radius 3 is 3.25 bits per heavy atom. The molecule has 0 fully saturated rings. The van der Waals surface area contributed by atoms with Crippen molar-refractivity contribution in [2.75, 3.05) is 6.54 Å². The number of hydrogen-bond acceptors (Lipinski definition) is 2. The number of rotatable bonds is 3. The fraction of sp³-hybridized carbons (Fsp3) is 0.250. The second kappa shape index (κ2) is 4.26. The molecule has 0 saturated carbocycles. The minimum absolute atomic E-state index is 0.386. The summed E-state index contributed by atoms with van der Waals surface area (Å²) in [6.07, 6.45) is 3.45. The van der Waals surface area contributed by atoms with Crippen molar-refractivity contribution in [3.63, 3.8) is 0 Å². The van der Waals surface area contributed by atoms with E-state index >= 15 is 0 Å². The molecule has 4 nitrogen and oxygen atoms in total. The molecular weight excluding hydrogens is 154 g/mol. The molecule has 1 rings (SSSR count). The Balaban J connectivity index is 2.63. The normalized spacial score (nSPS) is 10.9. The molecule has 0 spiro atoms. The number of hydrogen-bond donors (Lipinski definition) is 0. The summed E-state index contributed by atoms with van der Waals surface area (Å²) < 4.78 is 5.07. The van der Waals surface area contributed by atoms with Crippen molar-refractivity contribution in [2.24, 2.45) is 5.11 Å². The molecule has 0 unspecified atom stereocenters. The van der Waals surface area contributed by atoms with E-state index in [1.807, 2.05) is 25.1 Å². The van der Waals surface area contributed by atoms with E-state index in [9.17, 15) is 0 Å². The van der Waals surface area contributed by atoms with Crippen LogP contribution in [0.5, 0.6) is 0 Å². The summed E-state index contributed by atoms with van der Waals surface area (Å²) in [6.45, 7) is 2.27. The average Bonchev–Trinajstić information content (AvgIpc) is 2.53. The van der Waals surface area contributed by atoms with Crippen LogP contribution < -0.4 is 0 Å². The Labute approximate surface area is 70.1 Å². The molecule has 0 saturated heterocycles. The Hall–Kier alpha value is -1.67. The van der Waals surface area contributed by atoms with Gasteiger partial charge >= 0.3 is 0 Å². The molecule has 0 aliphatic carbocycles. The van der Waals surface area contributed by atoms with Crippen LogP contribution in [0.25, 0.3) is 16.5 Å². The van der Waals surface area contributed by atoms with Gasteiger partial charge in [0.2, 0.25) is 0 Å².